The third-order valence-electron chi connectivity index (χ3n) is 1.98. The molecule has 0 aromatic heterocycles. The standard InChI is InChI=1S/C10H9ClF2O/c1-10(2,5-14)8-6(12)3-4-7(13)9(8)11/h3-5H,1-2H3. The monoisotopic (exact) mass is 218 g/mol. The minimum atomic E-state index is -1.12. The zero-order chi connectivity index (χ0) is 10.9. The largest absolute Gasteiger partial charge is 0.302 e. The predicted molar refractivity (Wildman–Crippen MR) is 50.5 cm³/mol. The lowest BCUT2D eigenvalue weighted by atomic mass is 9.86. The maximum atomic E-state index is 13.3. The zero-order valence-electron chi connectivity index (χ0n) is 7.77. The van der Waals surface area contributed by atoms with Crippen LogP contribution in [-0.2, 0) is 10.2 Å². The molecule has 0 spiro atoms. The van der Waals surface area contributed by atoms with Crippen LogP contribution < -0.4 is 0 Å². The molecule has 0 unspecified atom stereocenters. The van der Waals surface area contributed by atoms with Gasteiger partial charge in [0.15, 0.2) is 0 Å². The zero-order valence-corrected chi connectivity index (χ0v) is 8.53. The molecule has 1 aromatic carbocycles. The Morgan fingerprint density at radius 1 is 1.29 bits per heavy atom. The number of benzene rings is 1. The first-order chi connectivity index (χ1) is 6.40. The van der Waals surface area contributed by atoms with Gasteiger partial charge in [-0.1, -0.05) is 11.6 Å². The molecule has 14 heavy (non-hydrogen) atoms. The van der Waals surface area contributed by atoms with Crippen LogP contribution in [0, 0.1) is 11.6 Å². The van der Waals surface area contributed by atoms with Gasteiger partial charge in [-0.3, -0.25) is 0 Å². The minimum Gasteiger partial charge on any atom is -0.302 e. The summed E-state index contributed by atoms with van der Waals surface area (Å²) in [5, 5.41) is -0.331. The summed E-state index contributed by atoms with van der Waals surface area (Å²) in [6.45, 7) is 2.95. The molecule has 0 saturated heterocycles. The fourth-order valence-corrected chi connectivity index (χ4v) is 1.57. The van der Waals surface area contributed by atoms with E-state index in [-0.39, 0.29) is 10.6 Å². The van der Waals surface area contributed by atoms with Gasteiger partial charge in [0, 0.05) is 11.0 Å². The summed E-state index contributed by atoms with van der Waals surface area (Å²) in [6.07, 6.45) is 0.538. The quantitative estimate of drug-likeness (QED) is 0.551. The first-order valence-electron chi connectivity index (χ1n) is 4.00. The van der Waals surface area contributed by atoms with Crippen LogP contribution in [-0.4, -0.2) is 6.29 Å². The molecule has 0 N–H and O–H groups in total. The van der Waals surface area contributed by atoms with E-state index in [1.54, 1.807) is 0 Å². The Hall–Kier alpha value is -0.960. The van der Waals surface area contributed by atoms with E-state index in [1.807, 2.05) is 0 Å². The number of hydrogen-bond acceptors (Lipinski definition) is 1. The highest BCUT2D eigenvalue weighted by atomic mass is 35.5. The maximum absolute atomic E-state index is 13.3. The van der Waals surface area contributed by atoms with Crippen molar-refractivity contribution >= 4 is 17.9 Å². The maximum Gasteiger partial charge on any atom is 0.142 e. The van der Waals surface area contributed by atoms with Gasteiger partial charge in [0.05, 0.1) is 5.02 Å². The molecule has 0 fully saturated rings. The summed E-state index contributed by atoms with van der Waals surface area (Å²) < 4.78 is 26.3. The number of rotatable bonds is 2. The number of aldehydes is 1. The van der Waals surface area contributed by atoms with Crippen LogP contribution in [0.25, 0.3) is 0 Å². The van der Waals surface area contributed by atoms with Crippen LogP contribution in [0.3, 0.4) is 0 Å². The topological polar surface area (TPSA) is 17.1 Å². The van der Waals surface area contributed by atoms with E-state index in [1.165, 1.54) is 13.8 Å². The molecule has 4 heteroatoms. The number of carbonyl (C=O) groups is 1. The summed E-state index contributed by atoms with van der Waals surface area (Å²) in [6, 6.07) is 1.89. The summed E-state index contributed by atoms with van der Waals surface area (Å²) in [7, 11) is 0. The Kier molecular flexibility index (Phi) is 2.90. The average Bonchev–Trinajstić information content (AvgIpc) is 2.12. The van der Waals surface area contributed by atoms with Gasteiger partial charge in [0.1, 0.15) is 17.9 Å². The highest BCUT2D eigenvalue weighted by molar-refractivity contribution is 6.31. The molecule has 76 valence electrons. The average molecular weight is 219 g/mol. The van der Waals surface area contributed by atoms with Crippen molar-refractivity contribution in [1.82, 2.24) is 0 Å². The molecule has 0 bridgehead atoms. The van der Waals surface area contributed by atoms with Crippen LogP contribution in [0.4, 0.5) is 8.78 Å². The molecule has 0 saturated carbocycles. The third-order valence-corrected chi connectivity index (χ3v) is 2.35. The van der Waals surface area contributed by atoms with Crippen molar-refractivity contribution in [2.75, 3.05) is 0 Å². The molecule has 0 amide bonds. The Labute approximate surface area is 85.7 Å². The fraction of sp³-hybridized carbons (Fsp3) is 0.300. The van der Waals surface area contributed by atoms with Crippen LogP contribution in [0.1, 0.15) is 19.4 Å². The molecular formula is C10H9ClF2O. The number of hydrogen-bond donors (Lipinski definition) is 0. The lowest BCUT2D eigenvalue weighted by molar-refractivity contribution is -0.111. The molecule has 0 atom stereocenters. The van der Waals surface area contributed by atoms with E-state index in [9.17, 15) is 13.6 Å². The van der Waals surface area contributed by atoms with Crippen LogP contribution in [0.15, 0.2) is 12.1 Å². The SMILES string of the molecule is CC(C)(C=O)c1c(F)ccc(F)c1Cl. The van der Waals surface area contributed by atoms with Gasteiger partial charge >= 0.3 is 0 Å². The van der Waals surface area contributed by atoms with E-state index < -0.39 is 17.0 Å². The Morgan fingerprint density at radius 2 is 1.79 bits per heavy atom. The van der Waals surface area contributed by atoms with E-state index in [2.05, 4.69) is 0 Å². The second kappa shape index (κ2) is 3.65. The van der Waals surface area contributed by atoms with Crippen molar-refractivity contribution in [2.45, 2.75) is 19.3 Å². The van der Waals surface area contributed by atoms with Crippen molar-refractivity contribution in [3.05, 3.63) is 34.4 Å². The Bertz CT molecular complexity index is 375. The van der Waals surface area contributed by atoms with Gasteiger partial charge in [-0.25, -0.2) is 8.78 Å². The van der Waals surface area contributed by atoms with Crippen molar-refractivity contribution in [3.8, 4) is 0 Å². The van der Waals surface area contributed by atoms with Crippen molar-refractivity contribution in [1.29, 1.82) is 0 Å². The molecule has 0 heterocycles. The normalized spacial score (nSPS) is 11.5. The molecule has 0 aliphatic carbocycles. The molecule has 1 aromatic rings. The number of halogens is 3. The first kappa shape index (κ1) is 11.1. The van der Waals surface area contributed by atoms with Gasteiger partial charge in [-0.15, -0.1) is 0 Å². The third kappa shape index (κ3) is 1.77. The molecule has 0 aliphatic rings. The Morgan fingerprint density at radius 3 is 2.29 bits per heavy atom. The summed E-state index contributed by atoms with van der Waals surface area (Å²) >= 11 is 5.59. The lowest BCUT2D eigenvalue weighted by Crippen LogP contribution is -2.21. The fourth-order valence-electron chi connectivity index (χ4n) is 1.18. The van der Waals surface area contributed by atoms with Gasteiger partial charge in [-0.2, -0.15) is 0 Å². The van der Waals surface area contributed by atoms with Gasteiger partial charge in [0.2, 0.25) is 0 Å². The van der Waals surface area contributed by atoms with Crippen molar-refractivity contribution < 1.29 is 13.6 Å². The first-order valence-corrected chi connectivity index (χ1v) is 4.38. The van der Waals surface area contributed by atoms with E-state index in [0.29, 0.717) is 6.29 Å². The van der Waals surface area contributed by atoms with Crippen molar-refractivity contribution in [2.24, 2.45) is 0 Å². The predicted octanol–water partition coefficient (Wildman–Crippen LogP) is 3.09. The Balaban J connectivity index is 3.47. The molecular weight excluding hydrogens is 210 g/mol. The second-order valence-electron chi connectivity index (χ2n) is 3.56. The number of carbonyl (C=O) groups excluding carboxylic acids is 1. The lowest BCUT2D eigenvalue weighted by Gasteiger charge is -2.19. The van der Waals surface area contributed by atoms with E-state index in [0.717, 1.165) is 12.1 Å². The minimum absolute atomic E-state index is 0.103. The van der Waals surface area contributed by atoms with Crippen LogP contribution in [0.2, 0.25) is 5.02 Å². The van der Waals surface area contributed by atoms with Crippen LogP contribution in [0.5, 0.6) is 0 Å². The molecule has 0 aliphatic heterocycles. The molecule has 0 radical (unpaired) electrons. The highest BCUT2D eigenvalue weighted by Gasteiger charge is 2.27. The van der Waals surface area contributed by atoms with Gasteiger partial charge in [-0.05, 0) is 26.0 Å². The van der Waals surface area contributed by atoms with Crippen LogP contribution >= 0.6 is 11.6 Å². The molecule has 1 rings (SSSR count). The smallest absolute Gasteiger partial charge is 0.142 e. The summed E-state index contributed by atoms with van der Waals surface area (Å²) in [5.41, 5.74) is -1.22. The van der Waals surface area contributed by atoms with Gasteiger partial charge < -0.3 is 4.79 Å². The van der Waals surface area contributed by atoms with E-state index >= 15 is 0 Å². The van der Waals surface area contributed by atoms with Gasteiger partial charge in [0.25, 0.3) is 0 Å². The van der Waals surface area contributed by atoms with Crippen molar-refractivity contribution in [3.63, 3.8) is 0 Å². The van der Waals surface area contributed by atoms with E-state index in [4.69, 9.17) is 11.6 Å². The summed E-state index contributed by atoms with van der Waals surface area (Å²) in [5.74, 6) is -1.40. The molecule has 1 nitrogen and oxygen atoms in total. The second-order valence-corrected chi connectivity index (χ2v) is 3.94. The summed E-state index contributed by atoms with van der Waals surface area (Å²) in [4.78, 5) is 10.7. The highest BCUT2D eigenvalue weighted by Crippen LogP contribution is 2.32.